The normalized spacial score (nSPS) is 21.3. The smallest absolute Gasteiger partial charge is 0.317 e. The Balaban J connectivity index is 2.25. The molecule has 6 heteroatoms. The van der Waals surface area contributed by atoms with Crippen LogP contribution in [0.4, 0.5) is 4.39 Å². The molecule has 22 heavy (non-hydrogen) atoms. The Bertz CT molecular complexity index is 586. The molecule has 0 unspecified atom stereocenters. The van der Waals surface area contributed by atoms with Crippen LogP contribution in [0.5, 0.6) is 0 Å². The molecule has 1 fully saturated rings. The van der Waals surface area contributed by atoms with E-state index in [4.69, 9.17) is 17.0 Å². The van der Waals surface area contributed by atoms with Gasteiger partial charge in [0.25, 0.3) is 0 Å². The Kier molecular flexibility index (Phi) is 5.13. The van der Waals surface area contributed by atoms with Gasteiger partial charge >= 0.3 is 5.97 Å². The second-order valence-corrected chi connectivity index (χ2v) is 6.06. The van der Waals surface area contributed by atoms with E-state index >= 15 is 0 Å². The number of hydrogen-bond acceptors (Lipinski definition) is 3. The number of nitrogens with one attached hydrogen (secondary N) is 2. The van der Waals surface area contributed by atoms with Crippen LogP contribution in [-0.4, -0.2) is 17.7 Å². The lowest BCUT2D eigenvalue weighted by Crippen LogP contribution is -2.51. The second-order valence-electron chi connectivity index (χ2n) is 5.65. The fourth-order valence-corrected chi connectivity index (χ4v) is 2.51. The van der Waals surface area contributed by atoms with Crippen LogP contribution in [0.2, 0.25) is 0 Å². The zero-order chi connectivity index (χ0) is 16.3. The third-order valence-corrected chi connectivity index (χ3v) is 3.53. The van der Waals surface area contributed by atoms with Gasteiger partial charge in [-0.05, 0) is 35.8 Å². The summed E-state index contributed by atoms with van der Waals surface area (Å²) in [5, 5.41) is 6.28. The van der Waals surface area contributed by atoms with Crippen LogP contribution in [-0.2, 0) is 9.53 Å². The Morgan fingerprint density at radius 1 is 1.41 bits per heavy atom. The summed E-state index contributed by atoms with van der Waals surface area (Å²) in [4.78, 5) is 12.4. The van der Waals surface area contributed by atoms with E-state index in [0.717, 1.165) is 5.56 Å². The second kappa shape index (κ2) is 6.87. The minimum absolute atomic E-state index is 0.243. The summed E-state index contributed by atoms with van der Waals surface area (Å²) in [6, 6.07) is 5.51. The highest BCUT2D eigenvalue weighted by Crippen LogP contribution is 2.30. The van der Waals surface area contributed by atoms with Gasteiger partial charge in [0.2, 0.25) is 0 Å². The van der Waals surface area contributed by atoms with Crippen LogP contribution in [0.3, 0.4) is 0 Å². The lowest BCUT2D eigenvalue weighted by atomic mass is 9.89. The standard InChI is InChI=1S/C16H19FN2O2S/c1-9(2)8-21-15(20)13-10(3)18-16(22)19-14(13)11-4-6-12(17)7-5-11/h4-7,9,13-14H,3,8H2,1-2H3,(H2,18,19,22)/t13-,14+/m0/s1. The average molecular weight is 322 g/mol. The molecule has 4 nitrogen and oxygen atoms in total. The summed E-state index contributed by atoms with van der Waals surface area (Å²) >= 11 is 5.12. The van der Waals surface area contributed by atoms with Gasteiger partial charge in [-0.2, -0.15) is 0 Å². The van der Waals surface area contributed by atoms with Crippen LogP contribution in [0.15, 0.2) is 36.5 Å². The highest BCUT2D eigenvalue weighted by atomic mass is 32.1. The summed E-state index contributed by atoms with van der Waals surface area (Å²) in [5.74, 6) is -1.10. The predicted molar refractivity (Wildman–Crippen MR) is 86.4 cm³/mol. The number of thiocarbonyl (C=S) groups is 1. The molecule has 0 radical (unpaired) electrons. The lowest BCUT2D eigenvalue weighted by Gasteiger charge is -2.35. The van der Waals surface area contributed by atoms with Crippen molar-refractivity contribution in [3.05, 3.63) is 47.9 Å². The van der Waals surface area contributed by atoms with Gasteiger partial charge in [0.15, 0.2) is 5.11 Å². The van der Waals surface area contributed by atoms with E-state index in [1.807, 2.05) is 13.8 Å². The van der Waals surface area contributed by atoms with Crippen LogP contribution in [0.25, 0.3) is 0 Å². The average Bonchev–Trinajstić information content (AvgIpc) is 2.44. The molecule has 1 saturated heterocycles. The summed E-state index contributed by atoms with van der Waals surface area (Å²) in [6.45, 7) is 8.14. The van der Waals surface area contributed by atoms with E-state index < -0.39 is 12.0 Å². The number of esters is 1. The fraction of sp³-hybridized carbons (Fsp3) is 0.375. The Morgan fingerprint density at radius 2 is 2.05 bits per heavy atom. The molecule has 0 aliphatic carbocycles. The van der Waals surface area contributed by atoms with Crippen molar-refractivity contribution in [3.8, 4) is 0 Å². The van der Waals surface area contributed by atoms with Gasteiger partial charge in [-0.3, -0.25) is 4.79 Å². The fourth-order valence-electron chi connectivity index (χ4n) is 2.25. The minimum Gasteiger partial charge on any atom is -0.465 e. The molecular weight excluding hydrogens is 303 g/mol. The summed E-state index contributed by atoms with van der Waals surface area (Å²) in [6.07, 6.45) is 0. The van der Waals surface area contributed by atoms with Crippen molar-refractivity contribution in [1.82, 2.24) is 10.6 Å². The molecule has 2 rings (SSSR count). The number of carbonyl (C=O) groups excluding carboxylic acids is 1. The van der Waals surface area contributed by atoms with Gasteiger partial charge < -0.3 is 15.4 Å². The molecule has 0 spiro atoms. The van der Waals surface area contributed by atoms with Crippen LogP contribution >= 0.6 is 12.2 Å². The highest BCUT2D eigenvalue weighted by molar-refractivity contribution is 7.80. The van der Waals surface area contributed by atoms with Crippen molar-refractivity contribution in [2.45, 2.75) is 19.9 Å². The van der Waals surface area contributed by atoms with Crippen LogP contribution in [0.1, 0.15) is 25.5 Å². The quantitative estimate of drug-likeness (QED) is 0.659. The molecule has 0 aromatic heterocycles. The topological polar surface area (TPSA) is 50.4 Å². The third kappa shape index (κ3) is 3.82. The molecule has 0 bridgehead atoms. The molecule has 0 amide bonds. The zero-order valence-corrected chi connectivity index (χ0v) is 13.4. The highest BCUT2D eigenvalue weighted by Gasteiger charge is 2.37. The van der Waals surface area contributed by atoms with E-state index in [-0.39, 0.29) is 17.7 Å². The molecule has 1 aromatic rings. The maximum Gasteiger partial charge on any atom is 0.317 e. The zero-order valence-electron chi connectivity index (χ0n) is 12.6. The number of rotatable bonds is 4. The van der Waals surface area contributed by atoms with E-state index in [9.17, 15) is 9.18 Å². The van der Waals surface area contributed by atoms with Gasteiger partial charge in [-0.1, -0.05) is 32.6 Å². The SMILES string of the molecule is C=C1NC(=S)N[C@H](c2ccc(F)cc2)[C@H]1C(=O)OCC(C)C. The van der Waals surface area contributed by atoms with Gasteiger partial charge in [-0.25, -0.2) is 4.39 Å². The summed E-state index contributed by atoms with van der Waals surface area (Å²) in [5.41, 5.74) is 1.23. The molecule has 1 aromatic carbocycles. The number of ether oxygens (including phenoxy) is 1. The molecular formula is C16H19FN2O2S. The first-order valence-electron chi connectivity index (χ1n) is 7.07. The van der Waals surface area contributed by atoms with Crippen LogP contribution < -0.4 is 10.6 Å². The van der Waals surface area contributed by atoms with E-state index in [2.05, 4.69) is 17.2 Å². The Hall–Kier alpha value is -1.95. The molecule has 1 aliphatic heterocycles. The van der Waals surface area contributed by atoms with E-state index in [0.29, 0.717) is 17.4 Å². The maximum absolute atomic E-state index is 13.1. The van der Waals surface area contributed by atoms with Crippen molar-refractivity contribution in [2.24, 2.45) is 11.8 Å². The molecule has 2 atom stereocenters. The van der Waals surface area contributed by atoms with E-state index in [1.54, 1.807) is 12.1 Å². The van der Waals surface area contributed by atoms with Gasteiger partial charge in [-0.15, -0.1) is 0 Å². The first kappa shape index (κ1) is 16.4. The van der Waals surface area contributed by atoms with Crippen molar-refractivity contribution in [3.63, 3.8) is 0 Å². The Morgan fingerprint density at radius 3 is 2.64 bits per heavy atom. The number of halogens is 1. The third-order valence-electron chi connectivity index (χ3n) is 3.31. The van der Waals surface area contributed by atoms with Gasteiger partial charge in [0.05, 0.1) is 12.6 Å². The summed E-state index contributed by atoms with van der Waals surface area (Å²) in [7, 11) is 0. The van der Waals surface area contributed by atoms with Gasteiger partial charge in [0.1, 0.15) is 11.7 Å². The number of hydrogen-bond donors (Lipinski definition) is 2. The molecule has 1 aliphatic rings. The lowest BCUT2D eigenvalue weighted by molar-refractivity contribution is -0.149. The van der Waals surface area contributed by atoms with Crippen molar-refractivity contribution in [1.29, 1.82) is 0 Å². The van der Waals surface area contributed by atoms with Crippen molar-refractivity contribution >= 4 is 23.3 Å². The largest absolute Gasteiger partial charge is 0.465 e. The first-order valence-corrected chi connectivity index (χ1v) is 7.47. The summed E-state index contributed by atoms with van der Waals surface area (Å²) < 4.78 is 18.4. The number of benzene rings is 1. The van der Waals surface area contributed by atoms with Crippen LogP contribution in [0, 0.1) is 17.7 Å². The minimum atomic E-state index is -0.629. The van der Waals surface area contributed by atoms with Crippen molar-refractivity contribution in [2.75, 3.05) is 6.61 Å². The molecule has 1 heterocycles. The first-order chi connectivity index (χ1) is 10.4. The Labute approximate surface area is 134 Å². The van der Waals surface area contributed by atoms with Gasteiger partial charge in [0, 0.05) is 5.70 Å². The predicted octanol–water partition coefficient (Wildman–Crippen LogP) is 2.67. The molecule has 118 valence electrons. The van der Waals surface area contributed by atoms with E-state index in [1.165, 1.54) is 12.1 Å². The number of carbonyl (C=O) groups is 1. The molecule has 2 N–H and O–H groups in total. The molecule has 0 saturated carbocycles. The van der Waals surface area contributed by atoms with Crippen molar-refractivity contribution < 1.29 is 13.9 Å². The monoisotopic (exact) mass is 322 g/mol. The maximum atomic E-state index is 13.1.